The molecule has 1 aromatic heterocycles. The van der Waals surface area contributed by atoms with E-state index in [1.54, 1.807) is 12.4 Å². The van der Waals surface area contributed by atoms with Crippen LogP contribution in [0.2, 0.25) is 0 Å². The maximum atomic E-state index is 5.84. The number of aromatic nitrogens is 1. The third kappa shape index (κ3) is 3.14. The predicted octanol–water partition coefficient (Wildman–Crippen LogP) is 4.01. The van der Waals surface area contributed by atoms with Crippen LogP contribution in [0.5, 0.6) is 17.2 Å². The summed E-state index contributed by atoms with van der Waals surface area (Å²) in [6, 6.07) is 9.30. The Kier molecular flexibility index (Phi) is 4.42. The van der Waals surface area contributed by atoms with E-state index in [0.717, 1.165) is 17.1 Å². The summed E-state index contributed by atoms with van der Waals surface area (Å²) in [7, 11) is 0. The largest absolute Gasteiger partial charge is 0.494 e. The van der Waals surface area contributed by atoms with Crippen LogP contribution in [0.25, 0.3) is 0 Å². The molecule has 0 N–H and O–H groups in total. The molecular weight excluding hydrogens is 250 g/mol. The smallest absolute Gasteiger partial charge is 0.150 e. The SMILES string of the molecule is CCOc1ccc(Oc2cnccc2CCl)cc1. The van der Waals surface area contributed by atoms with Gasteiger partial charge < -0.3 is 9.47 Å². The topological polar surface area (TPSA) is 31.4 Å². The molecule has 2 rings (SSSR count). The van der Waals surface area contributed by atoms with Gasteiger partial charge in [-0.25, -0.2) is 0 Å². The highest BCUT2D eigenvalue weighted by Gasteiger charge is 2.04. The highest BCUT2D eigenvalue weighted by Crippen LogP contribution is 2.26. The number of benzene rings is 1. The van der Waals surface area contributed by atoms with Crippen molar-refractivity contribution in [3.8, 4) is 17.2 Å². The lowest BCUT2D eigenvalue weighted by Gasteiger charge is -2.09. The third-order valence-corrected chi connectivity index (χ3v) is 2.66. The Bertz CT molecular complexity index is 499. The second-order valence-electron chi connectivity index (χ2n) is 3.62. The van der Waals surface area contributed by atoms with Crippen molar-refractivity contribution >= 4 is 11.6 Å². The third-order valence-electron chi connectivity index (χ3n) is 2.38. The van der Waals surface area contributed by atoms with Crippen molar-refractivity contribution in [2.45, 2.75) is 12.8 Å². The van der Waals surface area contributed by atoms with Gasteiger partial charge in [-0.15, -0.1) is 11.6 Å². The highest BCUT2D eigenvalue weighted by atomic mass is 35.5. The Morgan fingerprint density at radius 3 is 2.50 bits per heavy atom. The van der Waals surface area contributed by atoms with Crippen molar-refractivity contribution < 1.29 is 9.47 Å². The fraction of sp³-hybridized carbons (Fsp3) is 0.214. The quantitative estimate of drug-likeness (QED) is 0.764. The fourth-order valence-electron chi connectivity index (χ4n) is 1.51. The number of hydrogen-bond acceptors (Lipinski definition) is 3. The Morgan fingerprint density at radius 2 is 1.83 bits per heavy atom. The summed E-state index contributed by atoms with van der Waals surface area (Å²) >= 11 is 5.84. The van der Waals surface area contributed by atoms with E-state index < -0.39 is 0 Å². The number of nitrogens with zero attached hydrogens (tertiary/aromatic N) is 1. The summed E-state index contributed by atoms with van der Waals surface area (Å²) in [6.07, 6.45) is 3.36. The van der Waals surface area contributed by atoms with E-state index in [1.165, 1.54) is 0 Å². The molecule has 3 nitrogen and oxygen atoms in total. The molecule has 0 saturated carbocycles. The molecule has 1 heterocycles. The molecule has 0 aliphatic heterocycles. The van der Waals surface area contributed by atoms with Crippen LogP contribution in [0.4, 0.5) is 0 Å². The average molecular weight is 264 g/mol. The van der Waals surface area contributed by atoms with Gasteiger partial charge >= 0.3 is 0 Å². The second-order valence-corrected chi connectivity index (χ2v) is 3.89. The minimum atomic E-state index is 0.398. The maximum absolute atomic E-state index is 5.84. The molecule has 1 aromatic carbocycles. The van der Waals surface area contributed by atoms with Gasteiger partial charge in [0, 0.05) is 11.8 Å². The summed E-state index contributed by atoms with van der Waals surface area (Å²) in [5.74, 6) is 2.64. The molecule has 0 bridgehead atoms. The van der Waals surface area contributed by atoms with Crippen molar-refractivity contribution in [3.63, 3.8) is 0 Å². The van der Waals surface area contributed by atoms with Gasteiger partial charge in [0.15, 0.2) is 0 Å². The van der Waals surface area contributed by atoms with E-state index in [4.69, 9.17) is 21.1 Å². The Hall–Kier alpha value is -1.74. The van der Waals surface area contributed by atoms with Gasteiger partial charge in [0.25, 0.3) is 0 Å². The lowest BCUT2D eigenvalue weighted by atomic mass is 10.3. The number of halogens is 1. The van der Waals surface area contributed by atoms with Crippen molar-refractivity contribution in [2.75, 3.05) is 6.61 Å². The molecular formula is C14H14ClNO2. The van der Waals surface area contributed by atoms with Crippen LogP contribution in [0, 0.1) is 0 Å². The predicted molar refractivity (Wildman–Crippen MR) is 71.5 cm³/mol. The normalized spacial score (nSPS) is 10.1. The second kappa shape index (κ2) is 6.26. The molecule has 0 unspecified atom stereocenters. The summed E-state index contributed by atoms with van der Waals surface area (Å²) in [5, 5.41) is 0. The Labute approximate surface area is 111 Å². The van der Waals surface area contributed by atoms with Crippen LogP contribution in [0.3, 0.4) is 0 Å². The van der Waals surface area contributed by atoms with Gasteiger partial charge in [-0.2, -0.15) is 0 Å². The maximum Gasteiger partial charge on any atom is 0.150 e. The van der Waals surface area contributed by atoms with Gasteiger partial charge in [-0.1, -0.05) is 0 Å². The van der Waals surface area contributed by atoms with E-state index in [9.17, 15) is 0 Å². The number of hydrogen-bond donors (Lipinski definition) is 0. The molecule has 18 heavy (non-hydrogen) atoms. The lowest BCUT2D eigenvalue weighted by Crippen LogP contribution is -1.92. The molecule has 0 saturated heterocycles. The molecule has 0 fully saturated rings. The Balaban J connectivity index is 2.13. The molecule has 94 valence electrons. The Morgan fingerprint density at radius 1 is 1.11 bits per heavy atom. The lowest BCUT2D eigenvalue weighted by molar-refractivity contribution is 0.339. The summed E-state index contributed by atoms with van der Waals surface area (Å²) in [4.78, 5) is 4.03. The van der Waals surface area contributed by atoms with Crippen LogP contribution < -0.4 is 9.47 Å². The fourth-order valence-corrected chi connectivity index (χ4v) is 1.73. The first-order chi connectivity index (χ1) is 8.83. The summed E-state index contributed by atoms with van der Waals surface area (Å²) < 4.78 is 11.1. The molecule has 0 amide bonds. The molecule has 0 atom stereocenters. The number of ether oxygens (including phenoxy) is 2. The van der Waals surface area contributed by atoms with E-state index in [0.29, 0.717) is 18.2 Å². The van der Waals surface area contributed by atoms with Gasteiger partial charge in [-0.05, 0) is 37.3 Å². The van der Waals surface area contributed by atoms with Gasteiger partial charge in [0.2, 0.25) is 0 Å². The van der Waals surface area contributed by atoms with Crippen molar-refractivity contribution in [1.29, 1.82) is 0 Å². The molecule has 0 spiro atoms. The minimum Gasteiger partial charge on any atom is -0.494 e. The van der Waals surface area contributed by atoms with Gasteiger partial charge in [0.1, 0.15) is 17.2 Å². The highest BCUT2D eigenvalue weighted by molar-refractivity contribution is 6.17. The summed E-state index contributed by atoms with van der Waals surface area (Å²) in [6.45, 7) is 2.60. The van der Waals surface area contributed by atoms with E-state index in [-0.39, 0.29) is 0 Å². The first kappa shape index (κ1) is 12.7. The first-order valence-corrected chi connectivity index (χ1v) is 6.26. The first-order valence-electron chi connectivity index (χ1n) is 5.73. The number of alkyl halides is 1. The van der Waals surface area contributed by atoms with Crippen LogP contribution in [0.15, 0.2) is 42.7 Å². The molecule has 2 aromatic rings. The van der Waals surface area contributed by atoms with E-state index in [1.807, 2.05) is 37.3 Å². The van der Waals surface area contributed by atoms with Gasteiger partial charge in [0.05, 0.1) is 18.7 Å². The van der Waals surface area contributed by atoms with Crippen LogP contribution >= 0.6 is 11.6 Å². The monoisotopic (exact) mass is 263 g/mol. The van der Waals surface area contributed by atoms with E-state index in [2.05, 4.69) is 4.98 Å². The molecule has 0 aliphatic carbocycles. The van der Waals surface area contributed by atoms with E-state index >= 15 is 0 Å². The average Bonchev–Trinajstić information content (AvgIpc) is 2.42. The zero-order valence-corrected chi connectivity index (χ0v) is 10.9. The van der Waals surface area contributed by atoms with Crippen LogP contribution in [-0.2, 0) is 5.88 Å². The van der Waals surface area contributed by atoms with Gasteiger partial charge in [-0.3, -0.25) is 4.98 Å². The van der Waals surface area contributed by atoms with Crippen LogP contribution in [0.1, 0.15) is 12.5 Å². The van der Waals surface area contributed by atoms with Crippen LogP contribution in [-0.4, -0.2) is 11.6 Å². The molecule has 0 aliphatic rings. The van der Waals surface area contributed by atoms with Crippen molar-refractivity contribution in [2.24, 2.45) is 0 Å². The summed E-state index contributed by atoms with van der Waals surface area (Å²) in [5.41, 5.74) is 0.917. The van der Waals surface area contributed by atoms with Crippen molar-refractivity contribution in [1.82, 2.24) is 4.98 Å². The number of pyridine rings is 1. The zero-order chi connectivity index (χ0) is 12.8. The molecule has 0 radical (unpaired) electrons. The molecule has 4 heteroatoms. The minimum absolute atomic E-state index is 0.398. The number of rotatable bonds is 5. The van der Waals surface area contributed by atoms with Crippen molar-refractivity contribution in [3.05, 3.63) is 48.3 Å². The standard InChI is InChI=1S/C14H14ClNO2/c1-2-17-12-3-5-13(6-4-12)18-14-10-16-8-7-11(14)9-15/h3-8,10H,2,9H2,1H3. The zero-order valence-electron chi connectivity index (χ0n) is 10.1.